The van der Waals surface area contributed by atoms with Crippen molar-refractivity contribution in [2.45, 2.75) is 26.2 Å². The lowest BCUT2D eigenvalue weighted by Gasteiger charge is -2.18. The smallest absolute Gasteiger partial charge is 0.255 e. The number of thiazole rings is 1. The van der Waals surface area contributed by atoms with Crippen molar-refractivity contribution in [2.75, 3.05) is 5.32 Å². The fraction of sp³-hybridized carbons (Fsp3) is 0.200. The van der Waals surface area contributed by atoms with Gasteiger partial charge in [-0.05, 0) is 61.1 Å². The third-order valence-corrected chi connectivity index (χ3v) is 7.00. The summed E-state index contributed by atoms with van der Waals surface area (Å²) in [5, 5.41) is 6.24. The van der Waals surface area contributed by atoms with Gasteiger partial charge in [0.1, 0.15) is 0 Å². The van der Waals surface area contributed by atoms with Gasteiger partial charge in [0, 0.05) is 51.2 Å². The predicted molar refractivity (Wildman–Crippen MR) is 126 cm³/mol. The lowest BCUT2D eigenvalue weighted by atomic mass is 9.87. The lowest BCUT2D eigenvalue weighted by Crippen LogP contribution is -2.12. The first kappa shape index (κ1) is 18.4. The molecule has 2 aromatic carbocycles. The molecule has 6 heteroatoms. The predicted octanol–water partition coefficient (Wildman–Crippen LogP) is 5.92. The van der Waals surface area contributed by atoms with E-state index < -0.39 is 0 Å². The van der Waals surface area contributed by atoms with Gasteiger partial charge in [-0.1, -0.05) is 19.1 Å². The third kappa shape index (κ3) is 3.24. The summed E-state index contributed by atoms with van der Waals surface area (Å²) in [6.45, 7) is 2.30. The van der Waals surface area contributed by atoms with Crippen LogP contribution in [-0.4, -0.2) is 20.3 Å². The fourth-order valence-electron chi connectivity index (χ4n) is 4.53. The van der Waals surface area contributed by atoms with Crippen LogP contribution in [0.2, 0.25) is 0 Å². The van der Waals surface area contributed by atoms with Crippen LogP contribution in [0.25, 0.3) is 27.1 Å². The highest BCUT2D eigenvalue weighted by atomic mass is 32.1. The van der Waals surface area contributed by atoms with E-state index in [0.717, 1.165) is 40.3 Å². The van der Waals surface area contributed by atoms with Crippen LogP contribution < -0.4 is 5.32 Å². The Morgan fingerprint density at radius 3 is 2.94 bits per heavy atom. The summed E-state index contributed by atoms with van der Waals surface area (Å²) in [6.07, 6.45) is 7.42. The van der Waals surface area contributed by atoms with Crippen molar-refractivity contribution >= 4 is 38.8 Å². The number of imidazole rings is 1. The highest BCUT2D eigenvalue weighted by Crippen LogP contribution is 2.32. The topological polar surface area (TPSA) is 62.2 Å². The van der Waals surface area contributed by atoms with Crippen LogP contribution in [0, 0.1) is 5.92 Å². The molecule has 5 nitrogen and oxygen atoms in total. The summed E-state index contributed by atoms with van der Waals surface area (Å²) in [6, 6.07) is 13.8. The summed E-state index contributed by atoms with van der Waals surface area (Å²) in [5.74, 6) is 0.601. The maximum Gasteiger partial charge on any atom is 0.255 e. The van der Waals surface area contributed by atoms with Gasteiger partial charge in [-0.25, -0.2) is 4.98 Å². The van der Waals surface area contributed by atoms with E-state index in [9.17, 15) is 4.79 Å². The number of hydrogen-bond acceptors (Lipinski definition) is 3. The number of H-pyrrole nitrogens is 1. The van der Waals surface area contributed by atoms with Gasteiger partial charge >= 0.3 is 0 Å². The van der Waals surface area contributed by atoms with Crippen LogP contribution in [0.5, 0.6) is 0 Å². The van der Waals surface area contributed by atoms with Gasteiger partial charge in [0.2, 0.25) is 0 Å². The summed E-state index contributed by atoms with van der Waals surface area (Å²) in [7, 11) is 0. The van der Waals surface area contributed by atoms with Gasteiger partial charge in [-0.2, -0.15) is 0 Å². The van der Waals surface area contributed by atoms with Crippen molar-refractivity contribution in [2.24, 2.45) is 5.92 Å². The number of benzene rings is 2. The monoisotopic (exact) mass is 426 g/mol. The first-order valence-corrected chi connectivity index (χ1v) is 11.5. The normalized spacial score (nSPS) is 16.0. The Balaban J connectivity index is 1.24. The van der Waals surface area contributed by atoms with Gasteiger partial charge in [0.05, 0.1) is 5.69 Å². The molecule has 31 heavy (non-hydrogen) atoms. The van der Waals surface area contributed by atoms with Crippen molar-refractivity contribution in [3.63, 3.8) is 0 Å². The average Bonchev–Trinajstić information content (AvgIpc) is 3.47. The fourth-order valence-corrected chi connectivity index (χ4v) is 5.23. The maximum atomic E-state index is 12.9. The number of amides is 1. The van der Waals surface area contributed by atoms with Gasteiger partial charge < -0.3 is 10.3 Å². The minimum atomic E-state index is -0.0871. The van der Waals surface area contributed by atoms with Gasteiger partial charge in [0.25, 0.3) is 5.91 Å². The van der Waals surface area contributed by atoms with Crippen molar-refractivity contribution in [3.05, 3.63) is 77.1 Å². The molecule has 0 fully saturated rings. The summed E-state index contributed by atoms with van der Waals surface area (Å²) >= 11 is 1.61. The van der Waals surface area contributed by atoms with E-state index >= 15 is 0 Å². The molecule has 5 aromatic rings. The molecular weight excluding hydrogens is 404 g/mol. The van der Waals surface area contributed by atoms with Crippen molar-refractivity contribution in [1.29, 1.82) is 0 Å². The number of nitrogens with zero attached hydrogens (tertiary/aromatic N) is 2. The number of aromatic nitrogens is 3. The number of hydrogen-bond donors (Lipinski definition) is 2. The van der Waals surface area contributed by atoms with E-state index in [4.69, 9.17) is 0 Å². The van der Waals surface area contributed by atoms with Crippen molar-refractivity contribution < 1.29 is 4.79 Å². The number of rotatable bonds is 3. The molecule has 3 aromatic heterocycles. The molecule has 0 spiro atoms. The second-order valence-electron chi connectivity index (χ2n) is 8.44. The van der Waals surface area contributed by atoms with Gasteiger partial charge in [0.15, 0.2) is 4.96 Å². The molecule has 0 bridgehead atoms. The Kier molecular flexibility index (Phi) is 4.21. The zero-order valence-electron chi connectivity index (χ0n) is 17.2. The molecule has 2 N–H and O–H groups in total. The van der Waals surface area contributed by atoms with Crippen molar-refractivity contribution in [3.8, 4) is 11.3 Å². The molecule has 1 atom stereocenters. The Bertz CT molecular complexity index is 1390. The van der Waals surface area contributed by atoms with E-state index in [-0.39, 0.29) is 5.91 Å². The average molecular weight is 427 g/mol. The second-order valence-corrected chi connectivity index (χ2v) is 9.31. The number of fused-ring (bicyclic) bond motifs is 4. The highest BCUT2D eigenvalue weighted by molar-refractivity contribution is 7.15. The van der Waals surface area contributed by atoms with Crippen molar-refractivity contribution in [1.82, 2.24) is 14.4 Å². The largest absolute Gasteiger partial charge is 0.358 e. The molecular formula is C25H22N4OS. The third-order valence-electron chi connectivity index (χ3n) is 6.23. The van der Waals surface area contributed by atoms with E-state index in [1.54, 1.807) is 11.3 Å². The number of carbonyl (C=O) groups excluding carboxylic acids is 1. The highest BCUT2D eigenvalue weighted by Gasteiger charge is 2.20. The zero-order valence-corrected chi connectivity index (χ0v) is 18.0. The minimum Gasteiger partial charge on any atom is -0.358 e. The molecule has 0 radical (unpaired) electrons. The molecule has 0 saturated carbocycles. The second kappa shape index (κ2) is 7.10. The summed E-state index contributed by atoms with van der Waals surface area (Å²) < 4.78 is 2.02. The van der Waals surface area contributed by atoms with Crippen LogP contribution in [0.3, 0.4) is 0 Å². The lowest BCUT2D eigenvalue weighted by molar-refractivity contribution is 0.102. The summed E-state index contributed by atoms with van der Waals surface area (Å²) in [5.41, 5.74) is 7.27. The van der Waals surface area contributed by atoms with Crippen LogP contribution >= 0.6 is 11.3 Å². The molecule has 1 aliphatic rings. The molecule has 0 aliphatic heterocycles. The first-order valence-electron chi connectivity index (χ1n) is 10.6. The standard InChI is InChI=1S/C25H22N4OS/c1-15-2-8-21-19(12-15)20-13-17(5-9-22(20)27-21)24(30)26-18-6-3-16(4-7-18)23-14-29-10-11-31-25(29)28-23/h3-7,9-11,13-15,27H,2,8,12H2,1H3,(H,26,30). The minimum absolute atomic E-state index is 0.0871. The Morgan fingerprint density at radius 2 is 2.10 bits per heavy atom. The number of aryl methyl sites for hydroxylation is 1. The number of anilines is 1. The number of aromatic amines is 1. The molecule has 1 unspecified atom stereocenters. The Morgan fingerprint density at radius 1 is 1.23 bits per heavy atom. The Hall–Kier alpha value is -3.38. The molecule has 3 heterocycles. The molecule has 154 valence electrons. The van der Waals surface area contributed by atoms with Crippen LogP contribution in [0.4, 0.5) is 5.69 Å². The quantitative estimate of drug-likeness (QED) is 0.376. The SMILES string of the molecule is CC1CCc2[nH]c3ccc(C(=O)Nc4ccc(-c5cn6ccsc6n5)cc4)cc3c2C1. The molecule has 6 rings (SSSR count). The Labute approximate surface area is 183 Å². The van der Waals surface area contributed by atoms with E-state index in [1.165, 1.54) is 23.1 Å². The molecule has 1 amide bonds. The molecule has 1 aliphatic carbocycles. The van der Waals surface area contributed by atoms with E-state index in [0.29, 0.717) is 11.5 Å². The molecule has 0 saturated heterocycles. The number of nitrogens with one attached hydrogen (secondary N) is 2. The zero-order chi connectivity index (χ0) is 20.9. The van der Waals surface area contributed by atoms with E-state index in [2.05, 4.69) is 22.2 Å². The van der Waals surface area contributed by atoms with Gasteiger partial charge in [-0.15, -0.1) is 11.3 Å². The van der Waals surface area contributed by atoms with Crippen LogP contribution in [-0.2, 0) is 12.8 Å². The summed E-state index contributed by atoms with van der Waals surface area (Å²) in [4.78, 5) is 22.1. The number of carbonyl (C=O) groups is 1. The van der Waals surface area contributed by atoms with Crippen LogP contribution in [0.1, 0.15) is 35.0 Å². The first-order chi connectivity index (χ1) is 15.1. The maximum absolute atomic E-state index is 12.9. The van der Waals surface area contributed by atoms with E-state index in [1.807, 2.05) is 64.6 Å². The van der Waals surface area contributed by atoms with Gasteiger partial charge in [-0.3, -0.25) is 9.20 Å². The van der Waals surface area contributed by atoms with Crippen LogP contribution in [0.15, 0.2) is 60.2 Å².